The van der Waals surface area contributed by atoms with Crippen molar-refractivity contribution in [1.29, 1.82) is 0 Å². The predicted molar refractivity (Wildman–Crippen MR) is 169 cm³/mol. The molecule has 5 aromatic rings. The number of thiazole rings is 1. The van der Waals surface area contributed by atoms with Crippen molar-refractivity contribution in [3.8, 4) is 0 Å². The average molecular weight is 602 g/mol. The van der Waals surface area contributed by atoms with Crippen molar-refractivity contribution in [3.63, 3.8) is 0 Å². The van der Waals surface area contributed by atoms with Crippen molar-refractivity contribution in [2.45, 2.75) is 51.6 Å². The molecule has 0 unspecified atom stereocenters. The van der Waals surface area contributed by atoms with Gasteiger partial charge in [-0.05, 0) is 67.3 Å². The highest BCUT2D eigenvalue weighted by molar-refractivity contribution is 7.89. The van der Waals surface area contributed by atoms with Crippen LogP contribution in [0.4, 0.5) is 5.13 Å². The van der Waals surface area contributed by atoms with Gasteiger partial charge in [0.25, 0.3) is 5.91 Å². The molecule has 0 saturated carbocycles. The first kappa shape index (κ1) is 29.6. The number of amides is 1. The average Bonchev–Trinajstić information content (AvgIpc) is 3.55. The van der Waals surface area contributed by atoms with Crippen molar-refractivity contribution in [3.05, 3.63) is 107 Å². The minimum absolute atomic E-state index is 0.133. The lowest BCUT2D eigenvalue weighted by Gasteiger charge is -2.21. The van der Waals surface area contributed by atoms with Gasteiger partial charge in [-0.3, -0.25) is 14.4 Å². The van der Waals surface area contributed by atoms with Gasteiger partial charge >= 0.3 is 0 Å². The second-order valence-corrected chi connectivity index (χ2v) is 13.8. The Morgan fingerprint density at radius 3 is 2.33 bits per heavy atom. The molecule has 0 aliphatic rings. The van der Waals surface area contributed by atoms with Gasteiger partial charge in [0.1, 0.15) is 0 Å². The summed E-state index contributed by atoms with van der Waals surface area (Å²) in [6, 6.07) is 23.7. The lowest BCUT2D eigenvalue weighted by molar-refractivity contribution is 0.0985. The standard InChI is InChI=1S/C32H35N5O3S2/c1-22(2)28-12-9-13-29-30(28)33-32(41-29)36(18-19-37-24(4)20-23(3)34-37)31(38)26-14-16-27(17-15-26)42(39,40)35(5)21-25-10-7-6-8-11-25/h6-17,20,22H,18-19,21H2,1-5H3. The Morgan fingerprint density at radius 2 is 1.69 bits per heavy atom. The molecule has 2 aromatic heterocycles. The molecule has 0 aliphatic heterocycles. The quantitative estimate of drug-likeness (QED) is 0.185. The van der Waals surface area contributed by atoms with Gasteiger partial charge in [-0.25, -0.2) is 13.4 Å². The number of hydrogen-bond acceptors (Lipinski definition) is 6. The highest BCUT2D eigenvalue weighted by Crippen LogP contribution is 2.34. The predicted octanol–water partition coefficient (Wildman–Crippen LogP) is 6.40. The fourth-order valence-electron chi connectivity index (χ4n) is 4.95. The van der Waals surface area contributed by atoms with Gasteiger partial charge in [-0.2, -0.15) is 9.40 Å². The first-order valence-corrected chi connectivity index (χ1v) is 16.1. The summed E-state index contributed by atoms with van der Waals surface area (Å²) in [5.74, 6) is 0.0419. The third-order valence-electron chi connectivity index (χ3n) is 7.23. The summed E-state index contributed by atoms with van der Waals surface area (Å²) in [7, 11) is -2.19. The molecule has 0 fully saturated rings. The van der Waals surface area contributed by atoms with E-state index in [9.17, 15) is 13.2 Å². The van der Waals surface area contributed by atoms with Gasteiger partial charge in [-0.1, -0.05) is 67.6 Å². The lowest BCUT2D eigenvalue weighted by atomic mass is 10.0. The van der Waals surface area contributed by atoms with E-state index < -0.39 is 10.0 Å². The zero-order valence-corrected chi connectivity index (χ0v) is 26.1. The fourth-order valence-corrected chi connectivity index (χ4v) is 7.13. The van der Waals surface area contributed by atoms with Gasteiger partial charge in [0, 0.05) is 31.4 Å². The SMILES string of the molecule is Cc1cc(C)n(CCN(C(=O)c2ccc(S(=O)(=O)N(C)Cc3ccccc3)cc2)c2nc3c(C(C)C)cccc3s2)n1. The van der Waals surface area contributed by atoms with Crippen molar-refractivity contribution >= 4 is 42.6 Å². The van der Waals surface area contributed by atoms with E-state index in [0.717, 1.165) is 32.7 Å². The van der Waals surface area contributed by atoms with E-state index in [1.54, 1.807) is 24.1 Å². The monoisotopic (exact) mass is 601 g/mol. The minimum Gasteiger partial charge on any atom is -0.282 e. The van der Waals surface area contributed by atoms with Crippen LogP contribution in [0.15, 0.2) is 83.8 Å². The van der Waals surface area contributed by atoms with Crippen LogP contribution < -0.4 is 4.90 Å². The third kappa shape index (κ3) is 6.16. The zero-order chi connectivity index (χ0) is 30.0. The van der Waals surface area contributed by atoms with E-state index in [1.807, 2.05) is 67.1 Å². The highest BCUT2D eigenvalue weighted by Gasteiger charge is 2.25. The molecule has 2 heterocycles. The molecule has 1 amide bonds. The Hall–Kier alpha value is -3.86. The topological polar surface area (TPSA) is 88.4 Å². The molecule has 0 spiro atoms. The van der Waals surface area contributed by atoms with Crippen LogP contribution in [0.5, 0.6) is 0 Å². The summed E-state index contributed by atoms with van der Waals surface area (Å²) in [4.78, 5) is 20.7. The summed E-state index contributed by atoms with van der Waals surface area (Å²) >= 11 is 1.48. The van der Waals surface area contributed by atoms with Crippen LogP contribution in [-0.2, 0) is 23.1 Å². The van der Waals surface area contributed by atoms with Crippen LogP contribution in [0.2, 0.25) is 0 Å². The first-order chi connectivity index (χ1) is 20.0. The largest absolute Gasteiger partial charge is 0.282 e. The van der Waals surface area contributed by atoms with Crippen molar-refractivity contribution < 1.29 is 13.2 Å². The molecule has 0 aliphatic carbocycles. The lowest BCUT2D eigenvalue weighted by Crippen LogP contribution is -2.34. The van der Waals surface area contributed by atoms with Gasteiger partial charge < -0.3 is 0 Å². The van der Waals surface area contributed by atoms with Crippen molar-refractivity contribution in [2.24, 2.45) is 0 Å². The highest BCUT2D eigenvalue weighted by atomic mass is 32.2. The molecule has 218 valence electrons. The van der Waals surface area contributed by atoms with E-state index in [-0.39, 0.29) is 23.3 Å². The number of aromatic nitrogens is 3. The van der Waals surface area contributed by atoms with Crippen LogP contribution in [-0.4, -0.2) is 47.0 Å². The molecule has 10 heteroatoms. The van der Waals surface area contributed by atoms with Crippen LogP contribution in [0, 0.1) is 13.8 Å². The van der Waals surface area contributed by atoms with Gasteiger partial charge in [0.15, 0.2) is 5.13 Å². The second-order valence-electron chi connectivity index (χ2n) is 10.7. The number of carbonyl (C=O) groups excluding carboxylic acids is 1. The molecule has 8 nitrogen and oxygen atoms in total. The number of nitrogens with zero attached hydrogens (tertiary/aromatic N) is 5. The number of anilines is 1. The Bertz CT molecular complexity index is 1810. The number of para-hydroxylation sites is 1. The number of rotatable bonds is 10. The Kier molecular flexibility index (Phi) is 8.58. The Morgan fingerprint density at radius 1 is 0.976 bits per heavy atom. The van der Waals surface area contributed by atoms with E-state index in [0.29, 0.717) is 23.8 Å². The maximum absolute atomic E-state index is 14.0. The molecule has 0 atom stereocenters. The summed E-state index contributed by atoms with van der Waals surface area (Å²) < 4.78 is 30.7. The Balaban J connectivity index is 1.44. The van der Waals surface area contributed by atoms with E-state index in [2.05, 4.69) is 25.0 Å². The van der Waals surface area contributed by atoms with E-state index >= 15 is 0 Å². The van der Waals surface area contributed by atoms with Crippen LogP contribution in [0.3, 0.4) is 0 Å². The summed E-state index contributed by atoms with van der Waals surface area (Å²) in [5.41, 5.74) is 5.25. The molecular weight excluding hydrogens is 567 g/mol. The van der Waals surface area contributed by atoms with Crippen LogP contribution in [0.25, 0.3) is 10.2 Å². The molecule has 0 bridgehead atoms. The number of sulfonamides is 1. The normalized spacial score (nSPS) is 12.0. The molecule has 3 aromatic carbocycles. The van der Waals surface area contributed by atoms with Crippen LogP contribution in [0.1, 0.15) is 52.6 Å². The van der Waals surface area contributed by atoms with Crippen molar-refractivity contribution in [1.82, 2.24) is 19.1 Å². The number of benzene rings is 3. The molecule has 0 radical (unpaired) electrons. The molecule has 0 saturated heterocycles. The van der Waals surface area contributed by atoms with E-state index in [1.165, 1.54) is 27.8 Å². The molecule has 42 heavy (non-hydrogen) atoms. The first-order valence-electron chi connectivity index (χ1n) is 13.9. The number of fused-ring (bicyclic) bond motifs is 1. The fraction of sp³-hybridized carbons (Fsp3) is 0.281. The number of carbonyl (C=O) groups is 1. The summed E-state index contributed by atoms with van der Waals surface area (Å²) in [6.07, 6.45) is 0. The molecule has 5 rings (SSSR count). The number of hydrogen-bond donors (Lipinski definition) is 0. The zero-order valence-electron chi connectivity index (χ0n) is 24.5. The maximum atomic E-state index is 14.0. The van der Waals surface area contributed by atoms with Gasteiger partial charge in [0.2, 0.25) is 10.0 Å². The summed E-state index contributed by atoms with van der Waals surface area (Å²) in [5, 5.41) is 5.16. The van der Waals surface area contributed by atoms with Crippen molar-refractivity contribution in [2.75, 3.05) is 18.5 Å². The minimum atomic E-state index is -3.74. The second kappa shape index (κ2) is 12.2. The number of aryl methyl sites for hydroxylation is 2. The molecule has 0 N–H and O–H groups in total. The van der Waals surface area contributed by atoms with E-state index in [4.69, 9.17) is 4.98 Å². The smallest absolute Gasteiger partial charge is 0.260 e. The molecular formula is C32H35N5O3S2. The van der Waals surface area contributed by atoms with Gasteiger partial charge in [0.05, 0.1) is 27.4 Å². The third-order valence-corrected chi connectivity index (χ3v) is 10.1. The van der Waals surface area contributed by atoms with Crippen LogP contribution >= 0.6 is 11.3 Å². The maximum Gasteiger partial charge on any atom is 0.260 e. The van der Waals surface area contributed by atoms with Gasteiger partial charge in [-0.15, -0.1) is 0 Å². The summed E-state index contributed by atoms with van der Waals surface area (Å²) in [6.45, 7) is 9.30. The Labute approximate surface area is 251 Å².